The molecule has 6 heteroatoms. The van der Waals surface area contributed by atoms with Crippen molar-refractivity contribution in [2.45, 2.75) is 33.6 Å². The fourth-order valence-electron chi connectivity index (χ4n) is 3.11. The molecule has 0 aromatic heterocycles. The minimum atomic E-state index is 0. The Balaban J connectivity index is 0.00000338. The van der Waals surface area contributed by atoms with Gasteiger partial charge in [-0.3, -0.25) is 9.79 Å². The summed E-state index contributed by atoms with van der Waals surface area (Å²) >= 11 is 0. The number of carbonyl (C=O) groups excluding carboxylic acids is 1. The number of hydrogen-bond donors (Lipinski definition) is 2. The molecule has 0 aliphatic carbocycles. The van der Waals surface area contributed by atoms with Crippen LogP contribution in [0.2, 0.25) is 0 Å². The molecule has 1 heterocycles. The Morgan fingerprint density at radius 3 is 2.65 bits per heavy atom. The van der Waals surface area contributed by atoms with Crippen LogP contribution in [0.15, 0.2) is 35.3 Å². The second-order valence-electron chi connectivity index (χ2n) is 6.97. The van der Waals surface area contributed by atoms with Crippen LogP contribution in [0, 0.1) is 11.8 Å². The Bertz CT molecular complexity index is 562. The van der Waals surface area contributed by atoms with Gasteiger partial charge in [0.1, 0.15) is 0 Å². The van der Waals surface area contributed by atoms with E-state index in [0.29, 0.717) is 19.0 Å². The maximum absolute atomic E-state index is 11.6. The molecule has 1 aromatic rings. The number of guanidine groups is 1. The summed E-state index contributed by atoms with van der Waals surface area (Å²) in [6, 6.07) is 10.7. The smallest absolute Gasteiger partial charge is 0.222 e. The van der Waals surface area contributed by atoms with E-state index in [1.165, 1.54) is 12.0 Å². The molecule has 0 bridgehead atoms. The Hall–Kier alpha value is -1.31. The van der Waals surface area contributed by atoms with E-state index >= 15 is 0 Å². The molecule has 1 amide bonds. The first-order valence-electron chi connectivity index (χ1n) is 9.45. The Kier molecular flexibility index (Phi) is 10.6. The van der Waals surface area contributed by atoms with Crippen LogP contribution in [0.4, 0.5) is 0 Å². The molecule has 146 valence electrons. The van der Waals surface area contributed by atoms with Gasteiger partial charge in [0.2, 0.25) is 5.91 Å². The molecule has 1 atom stereocenters. The van der Waals surface area contributed by atoms with Crippen LogP contribution in [0.1, 0.15) is 32.8 Å². The first-order valence-corrected chi connectivity index (χ1v) is 9.45. The minimum absolute atomic E-state index is 0. The van der Waals surface area contributed by atoms with Crippen molar-refractivity contribution >= 4 is 35.8 Å². The Morgan fingerprint density at radius 2 is 2.00 bits per heavy atom. The SMILES string of the molecule is CCNC(=NCCNC(=O)C(C)C)N1CCC(Cc2ccccc2)C1.I. The molecular formula is C20H33IN4O. The van der Waals surface area contributed by atoms with Gasteiger partial charge < -0.3 is 15.5 Å². The maximum Gasteiger partial charge on any atom is 0.222 e. The minimum Gasteiger partial charge on any atom is -0.357 e. The lowest BCUT2D eigenvalue weighted by Gasteiger charge is -2.22. The van der Waals surface area contributed by atoms with Crippen LogP contribution in [0.5, 0.6) is 0 Å². The van der Waals surface area contributed by atoms with E-state index in [-0.39, 0.29) is 35.8 Å². The quantitative estimate of drug-likeness (QED) is 0.278. The lowest BCUT2D eigenvalue weighted by Crippen LogP contribution is -2.40. The molecule has 2 N–H and O–H groups in total. The van der Waals surface area contributed by atoms with Gasteiger partial charge in [-0.2, -0.15) is 0 Å². The number of nitrogens with one attached hydrogen (secondary N) is 2. The lowest BCUT2D eigenvalue weighted by atomic mass is 9.99. The molecule has 1 fully saturated rings. The van der Waals surface area contributed by atoms with Gasteiger partial charge in [-0.15, -0.1) is 24.0 Å². The second kappa shape index (κ2) is 12.1. The van der Waals surface area contributed by atoms with Crippen LogP contribution in [0.3, 0.4) is 0 Å². The number of halogens is 1. The van der Waals surface area contributed by atoms with Crippen molar-refractivity contribution in [3.8, 4) is 0 Å². The predicted octanol–water partition coefficient (Wildman–Crippen LogP) is 2.91. The number of nitrogens with zero attached hydrogens (tertiary/aromatic N) is 2. The highest BCUT2D eigenvalue weighted by atomic mass is 127. The van der Waals surface area contributed by atoms with Crippen LogP contribution in [0.25, 0.3) is 0 Å². The summed E-state index contributed by atoms with van der Waals surface area (Å²) < 4.78 is 0. The van der Waals surface area contributed by atoms with Crippen molar-refractivity contribution in [1.29, 1.82) is 0 Å². The van der Waals surface area contributed by atoms with E-state index in [2.05, 4.69) is 57.8 Å². The van der Waals surface area contributed by atoms with Gasteiger partial charge in [0.15, 0.2) is 5.96 Å². The van der Waals surface area contributed by atoms with E-state index in [9.17, 15) is 4.79 Å². The average molecular weight is 472 g/mol. The number of carbonyl (C=O) groups is 1. The second-order valence-corrected chi connectivity index (χ2v) is 6.97. The van der Waals surface area contributed by atoms with E-state index in [1.54, 1.807) is 0 Å². The van der Waals surface area contributed by atoms with Crippen molar-refractivity contribution in [3.05, 3.63) is 35.9 Å². The van der Waals surface area contributed by atoms with Crippen molar-refractivity contribution in [3.63, 3.8) is 0 Å². The zero-order valence-corrected chi connectivity index (χ0v) is 18.5. The zero-order chi connectivity index (χ0) is 18.1. The van der Waals surface area contributed by atoms with Crippen LogP contribution in [-0.4, -0.2) is 49.5 Å². The molecule has 1 unspecified atom stereocenters. The maximum atomic E-state index is 11.6. The molecule has 1 aliphatic heterocycles. The molecule has 1 aromatic carbocycles. The first kappa shape index (κ1) is 22.7. The summed E-state index contributed by atoms with van der Waals surface area (Å²) in [6.07, 6.45) is 2.32. The van der Waals surface area contributed by atoms with Gasteiger partial charge in [0, 0.05) is 32.1 Å². The predicted molar refractivity (Wildman–Crippen MR) is 119 cm³/mol. The van der Waals surface area contributed by atoms with Gasteiger partial charge in [-0.05, 0) is 31.2 Å². The highest BCUT2D eigenvalue weighted by Crippen LogP contribution is 2.20. The highest BCUT2D eigenvalue weighted by molar-refractivity contribution is 14.0. The molecule has 5 nitrogen and oxygen atoms in total. The first-order chi connectivity index (χ1) is 12.1. The number of amides is 1. The van der Waals surface area contributed by atoms with Crippen molar-refractivity contribution in [1.82, 2.24) is 15.5 Å². The number of hydrogen-bond acceptors (Lipinski definition) is 2. The number of rotatable bonds is 7. The lowest BCUT2D eigenvalue weighted by molar-refractivity contribution is -0.123. The fourth-order valence-corrected chi connectivity index (χ4v) is 3.11. The topological polar surface area (TPSA) is 56.7 Å². The van der Waals surface area contributed by atoms with Crippen molar-refractivity contribution in [2.24, 2.45) is 16.8 Å². The number of likely N-dealkylation sites (tertiary alicyclic amines) is 1. The Morgan fingerprint density at radius 1 is 1.27 bits per heavy atom. The van der Waals surface area contributed by atoms with Crippen LogP contribution >= 0.6 is 24.0 Å². The summed E-state index contributed by atoms with van der Waals surface area (Å²) in [5.41, 5.74) is 1.41. The summed E-state index contributed by atoms with van der Waals surface area (Å²) in [7, 11) is 0. The summed E-state index contributed by atoms with van der Waals surface area (Å²) in [6.45, 7) is 10.0. The van der Waals surface area contributed by atoms with E-state index in [1.807, 2.05) is 13.8 Å². The molecule has 0 saturated carbocycles. The van der Waals surface area contributed by atoms with Crippen molar-refractivity contribution in [2.75, 3.05) is 32.7 Å². The zero-order valence-electron chi connectivity index (χ0n) is 16.2. The standard InChI is InChI=1S/C20H32N4O.HI/c1-4-21-20(23-12-11-22-19(25)16(2)3)24-13-10-18(15-24)14-17-8-6-5-7-9-17;/h5-9,16,18H,4,10-15H2,1-3H3,(H,21,23)(H,22,25);1H. The number of aliphatic imine (C=N–C) groups is 1. The summed E-state index contributed by atoms with van der Waals surface area (Å²) in [5, 5.41) is 6.30. The largest absolute Gasteiger partial charge is 0.357 e. The van der Waals surface area contributed by atoms with Gasteiger partial charge >= 0.3 is 0 Å². The average Bonchev–Trinajstić information content (AvgIpc) is 3.06. The van der Waals surface area contributed by atoms with Gasteiger partial charge in [-0.1, -0.05) is 44.2 Å². The third-order valence-electron chi connectivity index (χ3n) is 4.48. The molecule has 0 spiro atoms. The molecule has 1 aliphatic rings. The third kappa shape index (κ3) is 7.51. The van der Waals surface area contributed by atoms with Gasteiger partial charge in [-0.25, -0.2) is 0 Å². The van der Waals surface area contributed by atoms with Crippen LogP contribution < -0.4 is 10.6 Å². The summed E-state index contributed by atoms with van der Waals surface area (Å²) in [5.74, 6) is 1.75. The molecule has 2 rings (SSSR count). The molecule has 0 radical (unpaired) electrons. The molecule has 26 heavy (non-hydrogen) atoms. The van der Waals surface area contributed by atoms with E-state index < -0.39 is 0 Å². The van der Waals surface area contributed by atoms with Crippen molar-refractivity contribution < 1.29 is 4.79 Å². The fraction of sp³-hybridized carbons (Fsp3) is 0.600. The Labute approximate surface area is 175 Å². The van der Waals surface area contributed by atoms with E-state index in [4.69, 9.17) is 0 Å². The number of benzene rings is 1. The van der Waals surface area contributed by atoms with Crippen LogP contribution in [-0.2, 0) is 11.2 Å². The third-order valence-corrected chi connectivity index (χ3v) is 4.48. The normalized spacial score (nSPS) is 17.2. The monoisotopic (exact) mass is 472 g/mol. The van der Waals surface area contributed by atoms with E-state index in [0.717, 1.165) is 32.0 Å². The highest BCUT2D eigenvalue weighted by Gasteiger charge is 2.24. The summed E-state index contributed by atoms with van der Waals surface area (Å²) in [4.78, 5) is 18.6. The van der Waals surface area contributed by atoms with Gasteiger partial charge in [0.05, 0.1) is 6.54 Å². The molecule has 1 saturated heterocycles. The molecular weight excluding hydrogens is 439 g/mol. The van der Waals surface area contributed by atoms with Gasteiger partial charge in [0.25, 0.3) is 0 Å².